The molecule has 0 radical (unpaired) electrons. The number of amides is 1. The summed E-state index contributed by atoms with van der Waals surface area (Å²) in [5.74, 6) is 1.01. The summed E-state index contributed by atoms with van der Waals surface area (Å²) in [6.45, 7) is 3.00. The summed E-state index contributed by atoms with van der Waals surface area (Å²) < 4.78 is 1.03. The number of guanidine groups is 1. The third-order valence-electron chi connectivity index (χ3n) is 3.47. The highest BCUT2D eigenvalue weighted by Crippen LogP contribution is 2.17. The van der Waals surface area contributed by atoms with E-state index < -0.39 is 0 Å². The van der Waals surface area contributed by atoms with Gasteiger partial charge >= 0.3 is 0 Å². The third-order valence-corrected chi connectivity index (χ3v) is 4.25. The van der Waals surface area contributed by atoms with E-state index in [1.807, 2.05) is 38.4 Å². The van der Waals surface area contributed by atoms with Crippen molar-refractivity contribution in [3.05, 3.63) is 34.3 Å². The van der Waals surface area contributed by atoms with Crippen LogP contribution in [0, 0.1) is 0 Å². The Hall–Kier alpha value is -1.56. The molecule has 2 rings (SSSR count). The van der Waals surface area contributed by atoms with Gasteiger partial charge < -0.3 is 15.1 Å². The molecule has 1 aliphatic rings. The molecule has 1 aromatic rings. The quantitative estimate of drug-likeness (QED) is 0.877. The van der Waals surface area contributed by atoms with Gasteiger partial charge in [0.2, 0.25) is 5.91 Å². The minimum Gasteiger partial charge on any atom is -0.356 e. The molecular weight excluding hydrogens is 332 g/mol. The molecule has 0 saturated heterocycles. The molecule has 0 unspecified atom stereocenters. The van der Waals surface area contributed by atoms with Crippen LogP contribution in [-0.2, 0) is 11.3 Å². The molecule has 6 heteroatoms. The van der Waals surface area contributed by atoms with Crippen molar-refractivity contribution in [2.45, 2.75) is 13.0 Å². The lowest BCUT2D eigenvalue weighted by atomic mass is 10.2. The van der Waals surface area contributed by atoms with E-state index in [0.29, 0.717) is 19.5 Å². The van der Waals surface area contributed by atoms with E-state index in [1.54, 1.807) is 4.90 Å². The second-order valence-electron chi connectivity index (χ2n) is 5.14. The first-order valence-electron chi connectivity index (χ1n) is 7.05. The number of halogens is 1. The average Bonchev–Trinajstić information content (AvgIpc) is 2.87. The van der Waals surface area contributed by atoms with Gasteiger partial charge in [-0.15, -0.1) is 0 Å². The zero-order chi connectivity index (χ0) is 15.2. The van der Waals surface area contributed by atoms with E-state index in [9.17, 15) is 4.79 Å². The number of carbonyl (C=O) groups is 1. The Morgan fingerprint density at radius 3 is 2.90 bits per heavy atom. The summed E-state index contributed by atoms with van der Waals surface area (Å²) in [7, 11) is 3.83. The highest BCUT2D eigenvalue weighted by Gasteiger charge is 2.14. The number of benzene rings is 1. The lowest BCUT2D eigenvalue weighted by Gasteiger charge is -2.19. The first-order chi connectivity index (χ1) is 10.1. The van der Waals surface area contributed by atoms with Gasteiger partial charge in [0.05, 0.1) is 6.54 Å². The van der Waals surface area contributed by atoms with Crippen LogP contribution in [0.5, 0.6) is 0 Å². The van der Waals surface area contributed by atoms with E-state index in [4.69, 9.17) is 0 Å². The summed E-state index contributed by atoms with van der Waals surface area (Å²) in [4.78, 5) is 20.3. The summed E-state index contributed by atoms with van der Waals surface area (Å²) in [5, 5.41) is 3.21. The van der Waals surface area contributed by atoms with Gasteiger partial charge in [0, 0.05) is 44.6 Å². The van der Waals surface area contributed by atoms with Gasteiger partial charge in [-0.2, -0.15) is 0 Å². The van der Waals surface area contributed by atoms with Gasteiger partial charge in [-0.1, -0.05) is 34.1 Å². The second-order valence-corrected chi connectivity index (χ2v) is 6.00. The fraction of sp³-hybridized carbons (Fsp3) is 0.467. The number of nitrogens with zero attached hydrogens (tertiary/aromatic N) is 3. The fourth-order valence-corrected chi connectivity index (χ4v) is 2.58. The molecule has 1 amide bonds. The van der Waals surface area contributed by atoms with Crippen molar-refractivity contribution in [3.63, 3.8) is 0 Å². The number of rotatable bonds is 5. The lowest BCUT2D eigenvalue weighted by molar-refractivity contribution is -0.130. The van der Waals surface area contributed by atoms with Crippen LogP contribution in [0.15, 0.2) is 33.7 Å². The van der Waals surface area contributed by atoms with E-state index in [-0.39, 0.29) is 5.91 Å². The highest BCUT2D eigenvalue weighted by molar-refractivity contribution is 9.10. The SMILES string of the molecule is CN(Cc1ccccc1Br)C(=O)CCNC1=NCCN1C. The van der Waals surface area contributed by atoms with Crippen LogP contribution in [0.4, 0.5) is 0 Å². The number of carbonyl (C=O) groups excluding carboxylic acids is 1. The predicted molar refractivity (Wildman–Crippen MR) is 88.2 cm³/mol. The van der Waals surface area contributed by atoms with Crippen molar-refractivity contribution in [2.75, 3.05) is 33.7 Å². The monoisotopic (exact) mass is 352 g/mol. The van der Waals surface area contributed by atoms with Crippen LogP contribution in [0.1, 0.15) is 12.0 Å². The van der Waals surface area contributed by atoms with Crippen LogP contribution in [0.25, 0.3) is 0 Å². The van der Waals surface area contributed by atoms with E-state index in [2.05, 4.69) is 31.1 Å². The van der Waals surface area contributed by atoms with Crippen LogP contribution in [-0.4, -0.2) is 55.4 Å². The topological polar surface area (TPSA) is 47.9 Å². The van der Waals surface area contributed by atoms with Crippen LogP contribution >= 0.6 is 15.9 Å². The van der Waals surface area contributed by atoms with Gasteiger partial charge in [-0.05, 0) is 11.6 Å². The minimum absolute atomic E-state index is 0.125. The van der Waals surface area contributed by atoms with Crippen LogP contribution < -0.4 is 5.32 Å². The number of nitrogens with one attached hydrogen (secondary N) is 1. The normalized spacial score (nSPS) is 14.0. The Morgan fingerprint density at radius 2 is 2.24 bits per heavy atom. The molecule has 1 aromatic carbocycles. The Labute approximate surface area is 134 Å². The van der Waals surface area contributed by atoms with Crippen molar-refractivity contribution >= 4 is 27.8 Å². The summed E-state index contributed by atoms with van der Waals surface area (Å²) in [6, 6.07) is 7.96. The van der Waals surface area contributed by atoms with E-state index >= 15 is 0 Å². The number of hydrogen-bond acceptors (Lipinski definition) is 4. The fourth-order valence-electron chi connectivity index (χ4n) is 2.17. The van der Waals surface area contributed by atoms with E-state index in [0.717, 1.165) is 29.1 Å². The number of likely N-dealkylation sites (N-methyl/N-ethyl adjacent to an activating group) is 1. The molecule has 114 valence electrons. The molecular formula is C15H21BrN4O. The molecule has 0 atom stereocenters. The summed E-state index contributed by atoms with van der Waals surface area (Å²) in [5.41, 5.74) is 1.11. The summed E-state index contributed by atoms with van der Waals surface area (Å²) >= 11 is 3.51. The first kappa shape index (κ1) is 15.8. The van der Waals surface area contributed by atoms with Crippen molar-refractivity contribution in [2.24, 2.45) is 4.99 Å². The van der Waals surface area contributed by atoms with Gasteiger partial charge in [-0.3, -0.25) is 9.79 Å². The van der Waals surface area contributed by atoms with Gasteiger partial charge in [0.1, 0.15) is 0 Å². The molecule has 0 saturated carbocycles. The third kappa shape index (κ3) is 4.46. The zero-order valence-corrected chi connectivity index (χ0v) is 14.1. The Bertz CT molecular complexity index is 532. The molecule has 0 spiro atoms. The predicted octanol–water partition coefficient (Wildman–Crippen LogP) is 1.69. The van der Waals surface area contributed by atoms with E-state index in [1.165, 1.54) is 0 Å². The number of hydrogen-bond donors (Lipinski definition) is 1. The number of aliphatic imine (C=N–C) groups is 1. The highest BCUT2D eigenvalue weighted by atomic mass is 79.9. The zero-order valence-electron chi connectivity index (χ0n) is 12.5. The smallest absolute Gasteiger partial charge is 0.224 e. The van der Waals surface area contributed by atoms with Crippen molar-refractivity contribution in [1.29, 1.82) is 0 Å². The Balaban J connectivity index is 1.76. The molecule has 0 fully saturated rings. The molecule has 5 nitrogen and oxygen atoms in total. The van der Waals surface area contributed by atoms with Crippen molar-refractivity contribution in [1.82, 2.24) is 15.1 Å². The Kier molecular flexibility index (Phi) is 5.61. The summed E-state index contributed by atoms with van der Waals surface area (Å²) in [6.07, 6.45) is 0.466. The largest absolute Gasteiger partial charge is 0.356 e. The lowest BCUT2D eigenvalue weighted by Crippen LogP contribution is -2.38. The standard InChI is InChI=1S/C15H21BrN4O/c1-19-10-9-18-15(19)17-8-7-14(21)20(2)11-12-5-3-4-6-13(12)16/h3-6H,7-11H2,1-2H3,(H,17,18). The minimum atomic E-state index is 0.125. The Morgan fingerprint density at radius 1 is 1.48 bits per heavy atom. The van der Waals surface area contributed by atoms with Crippen molar-refractivity contribution < 1.29 is 4.79 Å². The van der Waals surface area contributed by atoms with Crippen molar-refractivity contribution in [3.8, 4) is 0 Å². The molecule has 0 aliphatic carbocycles. The van der Waals surface area contributed by atoms with Gasteiger partial charge in [0.25, 0.3) is 0 Å². The van der Waals surface area contributed by atoms with Gasteiger partial charge in [0.15, 0.2) is 5.96 Å². The average molecular weight is 353 g/mol. The van der Waals surface area contributed by atoms with Crippen LogP contribution in [0.3, 0.4) is 0 Å². The molecule has 1 aliphatic heterocycles. The maximum absolute atomic E-state index is 12.1. The second kappa shape index (κ2) is 7.45. The maximum Gasteiger partial charge on any atom is 0.224 e. The molecule has 0 bridgehead atoms. The van der Waals surface area contributed by atoms with Gasteiger partial charge in [-0.25, -0.2) is 0 Å². The molecule has 1 heterocycles. The first-order valence-corrected chi connectivity index (χ1v) is 7.84. The molecule has 1 N–H and O–H groups in total. The van der Waals surface area contributed by atoms with Crippen LogP contribution in [0.2, 0.25) is 0 Å². The molecule has 0 aromatic heterocycles. The maximum atomic E-state index is 12.1. The molecule has 21 heavy (non-hydrogen) atoms.